The molecule has 0 N–H and O–H groups in total. The van der Waals surface area contributed by atoms with Gasteiger partial charge in [-0.2, -0.15) is 5.30 Å². The Morgan fingerprint density at radius 3 is 2.47 bits per heavy atom. The predicted octanol–water partition coefficient (Wildman–Crippen LogP) is 0.774. The molecule has 0 aliphatic carbocycles. The topological polar surface area (TPSA) is 9.23 Å². The van der Waals surface area contributed by atoms with Gasteiger partial charge in [-0.05, 0) is 6.42 Å². The van der Waals surface area contributed by atoms with Gasteiger partial charge in [0.05, 0.1) is 0 Å². The first-order chi connectivity index (χ1) is 6.93. The van der Waals surface area contributed by atoms with Crippen LogP contribution in [0.3, 0.4) is 0 Å². The molecule has 0 unspecified atom stereocenters. The van der Waals surface area contributed by atoms with Crippen LogP contribution in [-0.4, -0.2) is 6.61 Å². The molecule has 3 heteroatoms. The maximum absolute atomic E-state index is 5.54. The third-order valence-electron chi connectivity index (χ3n) is 2.02. The number of hydrogen-bond donors (Lipinski definition) is 0. The second kappa shape index (κ2) is 10.7. The van der Waals surface area contributed by atoms with Crippen LogP contribution in [0.25, 0.3) is 0 Å². The van der Waals surface area contributed by atoms with Crippen LogP contribution < -0.4 is 24.2 Å². The molecule has 0 bridgehead atoms. The molecular weight excluding hydrogens is 198 g/mol. The van der Waals surface area contributed by atoms with Gasteiger partial charge in [-0.3, -0.25) is 0 Å². The van der Waals surface area contributed by atoms with Crippen molar-refractivity contribution in [2.24, 2.45) is 0 Å². The van der Waals surface area contributed by atoms with Crippen LogP contribution in [0.15, 0.2) is 30.3 Å². The molecule has 1 nitrogen and oxygen atoms in total. The monoisotopic (exact) mass is 216 g/mol. The smallest absolute Gasteiger partial charge is 0.553 e. The Kier molecular flexibility index (Phi) is 10.9. The van der Waals surface area contributed by atoms with Crippen LogP contribution in [0, 0.1) is 0 Å². The maximum Gasteiger partial charge on any atom is 1.00 e. The van der Waals surface area contributed by atoms with Gasteiger partial charge in [0.2, 0.25) is 0 Å². The number of hydrogen-bond acceptors (Lipinski definition) is 1. The Morgan fingerprint density at radius 1 is 1.07 bits per heavy atom. The fraction of sp³-hybridized carbons (Fsp3) is 0.500. The maximum atomic E-state index is 5.54. The van der Waals surface area contributed by atoms with E-state index in [1.54, 1.807) is 0 Å². The normalized spacial score (nSPS) is 10.5. The van der Waals surface area contributed by atoms with Gasteiger partial charge >= 0.3 is 18.9 Å². The molecule has 0 aliphatic rings. The molecule has 0 amide bonds. The molecule has 0 heterocycles. The Hall–Kier alpha value is 0.207. The molecule has 0 aliphatic heterocycles. The molecule has 0 atom stereocenters. The fourth-order valence-corrected chi connectivity index (χ4v) is 1.87. The summed E-state index contributed by atoms with van der Waals surface area (Å²) in [6, 6.07) is 10.3. The van der Waals surface area contributed by atoms with E-state index in [0.717, 1.165) is 15.4 Å². The molecule has 0 saturated carbocycles. The van der Waals surface area contributed by atoms with Crippen molar-refractivity contribution in [3.05, 3.63) is 30.3 Å². The third kappa shape index (κ3) is 8.06. The van der Waals surface area contributed by atoms with Gasteiger partial charge in [0, 0.05) is 6.61 Å². The van der Waals surface area contributed by atoms with Gasteiger partial charge in [-0.15, -0.1) is 0 Å². The zero-order chi connectivity index (χ0) is 10.1. The summed E-state index contributed by atoms with van der Waals surface area (Å²) >= 11 is 0. The Labute approximate surface area is 107 Å². The van der Waals surface area contributed by atoms with Gasteiger partial charge in [-0.1, -0.05) is 56.5 Å². The molecule has 0 saturated heterocycles. The van der Waals surface area contributed by atoms with Crippen molar-refractivity contribution in [2.75, 3.05) is 6.61 Å². The summed E-state index contributed by atoms with van der Waals surface area (Å²) < 4.78 is 5.54. The Bertz CT molecular complexity index is 228. The van der Waals surface area contributed by atoms with Gasteiger partial charge in [0.1, 0.15) is 0 Å². The number of benzene rings is 1. The Balaban J connectivity index is 0.00000196. The minimum atomic E-state index is 0. The van der Waals surface area contributed by atoms with Crippen LogP contribution >= 0.6 is 8.81 Å². The molecule has 0 aromatic heterocycles. The largest absolute Gasteiger partial charge is 1.00 e. The van der Waals surface area contributed by atoms with Crippen LogP contribution in [0.2, 0.25) is 0 Å². The summed E-state index contributed by atoms with van der Waals surface area (Å²) in [5, 5.41) is 1.24. The first-order valence-electron chi connectivity index (χ1n) is 5.31. The van der Waals surface area contributed by atoms with Crippen LogP contribution in [0.4, 0.5) is 0 Å². The zero-order valence-electron chi connectivity index (χ0n) is 9.78. The van der Waals surface area contributed by atoms with E-state index in [-0.39, 0.29) is 18.9 Å². The average Bonchev–Trinajstić information content (AvgIpc) is 2.25. The first kappa shape index (κ1) is 15.2. The van der Waals surface area contributed by atoms with Crippen LogP contribution in [0.1, 0.15) is 32.6 Å². The first-order valence-corrected chi connectivity index (χ1v) is 6.13. The molecule has 0 radical (unpaired) electrons. The molecule has 0 fully saturated rings. The van der Waals surface area contributed by atoms with Crippen LogP contribution in [0.5, 0.6) is 0 Å². The minimum Gasteiger partial charge on any atom is -0.553 e. The standard InChI is InChI=1S/C12H18OP.Li/c1-2-3-4-8-11-13-14-12-9-6-5-7-10-12;/h5-7,9-10H,2-4,8,11H2,1H3;/q-1;+1. The van der Waals surface area contributed by atoms with E-state index in [0.29, 0.717) is 0 Å². The van der Waals surface area contributed by atoms with Crippen molar-refractivity contribution in [3.8, 4) is 0 Å². The molecular formula is C12H18LiOP. The summed E-state index contributed by atoms with van der Waals surface area (Å²) in [6.45, 7) is 3.11. The van der Waals surface area contributed by atoms with Gasteiger partial charge in [0.25, 0.3) is 0 Å². The Morgan fingerprint density at radius 2 is 1.80 bits per heavy atom. The quantitative estimate of drug-likeness (QED) is 0.372. The van der Waals surface area contributed by atoms with E-state index in [9.17, 15) is 0 Å². The van der Waals surface area contributed by atoms with E-state index in [1.807, 2.05) is 18.2 Å². The molecule has 1 aromatic rings. The molecule has 78 valence electrons. The van der Waals surface area contributed by atoms with Gasteiger partial charge in [-0.25, -0.2) is 0 Å². The van der Waals surface area contributed by atoms with Gasteiger partial charge < -0.3 is 13.3 Å². The van der Waals surface area contributed by atoms with E-state index in [1.165, 1.54) is 31.0 Å². The predicted molar refractivity (Wildman–Crippen MR) is 63.1 cm³/mol. The van der Waals surface area contributed by atoms with E-state index >= 15 is 0 Å². The summed E-state index contributed by atoms with van der Waals surface area (Å²) in [6.07, 6.45) is 5.09. The molecule has 0 spiro atoms. The van der Waals surface area contributed by atoms with Crippen molar-refractivity contribution in [1.29, 1.82) is 0 Å². The van der Waals surface area contributed by atoms with E-state index in [4.69, 9.17) is 4.52 Å². The van der Waals surface area contributed by atoms with Crippen molar-refractivity contribution >= 4 is 14.1 Å². The summed E-state index contributed by atoms with van der Waals surface area (Å²) in [5.41, 5.74) is 0. The second-order valence-corrected chi connectivity index (χ2v) is 4.28. The van der Waals surface area contributed by atoms with Crippen molar-refractivity contribution < 1.29 is 23.4 Å². The number of unbranched alkanes of at least 4 members (excludes halogenated alkanes) is 3. The van der Waals surface area contributed by atoms with Crippen molar-refractivity contribution in [1.82, 2.24) is 0 Å². The van der Waals surface area contributed by atoms with E-state index in [2.05, 4.69) is 19.1 Å². The van der Waals surface area contributed by atoms with Crippen molar-refractivity contribution in [3.63, 3.8) is 0 Å². The van der Waals surface area contributed by atoms with E-state index < -0.39 is 0 Å². The summed E-state index contributed by atoms with van der Waals surface area (Å²) in [4.78, 5) is 0. The van der Waals surface area contributed by atoms with Crippen LogP contribution in [-0.2, 0) is 4.52 Å². The summed E-state index contributed by atoms with van der Waals surface area (Å²) in [5.74, 6) is 0. The third-order valence-corrected chi connectivity index (χ3v) is 2.84. The SMILES string of the molecule is CCCCCCO[P-]c1ccccc1.[Li+]. The average molecular weight is 216 g/mol. The second-order valence-electron chi connectivity index (χ2n) is 3.32. The molecule has 1 rings (SSSR count). The number of rotatable bonds is 7. The molecule has 15 heavy (non-hydrogen) atoms. The zero-order valence-corrected chi connectivity index (χ0v) is 10.7. The van der Waals surface area contributed by atoms with Crippen molar-refractivity contribution in [2.45, 2.75) is 32.6 Å². The minimum absolute atomic E-state index is 0. The fourth-order valence-electron chi connectivity index (χ4n) is 1.20. The summed E-state index contributed by atoms with van der Waals surface area (Å²) in [7, 11) is 0.997. The molecule has 1 aromatic carbocycles. The van der Waals surface area contributed by atoms with Gasteiger partial charge in [0.15, 0.2) is 0 Å².